The summed E-state index contributed by atoms with van der Waals surface area (Å²) in [4.78, 5) is 8.84. The van der Waals surface area contributed by atoms with Crippen LogP contribution in [0, 0.1) is 5.92 Å². The first kappa shape index (κ1) is 15.5. The van der Waals surface area contributed by atoms with Crippen LogP contribution in [0.4, 0.5) is 5.82 Å². The number of benzene rings is 1. The number of hydrogen-bond donors (Lipinski definition) is 1. The SMILES string of the molecule is CC(C)Cc1nc(-c2c(Cl)cccc2Cl)nc(N)c1Br. The van der Waals surface area contributed by atoms with Gasteiger partial charge in [-0.3, -0.25) is 0 Å². The predicted molar refractivity (Wildman–Crippen MR) is 88.1 cm³/mol. The lowest BCUT2D eigenvalue weighted by Gasteiger charge is -2.12. The molecule has 0 radical (unpaired) electrons. The molecule has 0 saturated heterocycles. The van der Waals surface area contributed by atoms with Crippen molar-refractivity contribution in [3.05, 3.63) is 38.4 Å². The predicted octanol–water partition coefficient (Wildman–Crippen LogP) is 4.99. The number of halogens is 3. The van der Waals surface area contributed by atoms with Gasteiger partial charge in [-0.05, 0) is 40.4 Å². The van der Waals surface area contributed by atoms with Crippen LogP contribution in [0.25, 0.3) is 11.4 Å². The van der Waals surface area contributed by atoms with Gasteiger partial charge in [0.2, 0.25) is 0 Å². The van der Waals surface area contributed by atoms with Crippen LogP contribution < -0.4 is 5.73 Å². The van der Waals surface area contributed by atoms with Gasteiger partial charge in [-0.1, -0.05) is 43.1 Å². The molecule has 0 atom stereocenters. The van der Waals surface area contributed by atoms with Crippen LogP contribution in [0.2, 0.25) is 10.0 Å². The average Bonchev–Trinajstić information content (AvgIpc) is 2.34. The average molecular weight is 375 g/mol. The molecule has 0 bridgehead atoms. The molecule has 0 saturated carbocycles. The number of nitrogens with zero attached hydrogens (tertiary/aromatic N) is 2. The fourth-order valence-electron chi connectivity index (χ4n) is 1.86. The molecular formula is C14H14BrCl2N3. The van der Waals surface area contributed by atoms with Gasteiger partial charge in [0.25, 0.3) is 0 Å². The lowest BCUT2D eigenvalue weighted by Crippen LogP contribution is -2.06. The standard InChI is InChI=1S/C14H14BrCl2N3/c1-7(2)6-10-12(15)13(18)20-14(19-10)11-8(16)4-3-5-9(11)17/h3-5,7H,6H2,1-2H3,(H2,18,19,20). The second-order valence-electron chi connectivity index (χ2n) is 4.89. The van der Waals surface area contributed by atoms with E-state index in [9.17, 15) is 0 Å². The molecule has 6 heteroatoms. The monoisotopic (exact) mass is 373 g/mol. The smallest absolute Gasteiger partial charge is 0.164 e. The second kappa shape index (κ2) is 6.29. The van der Waals surface area contributed by atoms with Crippen molar-refractivity contribution < 1.29 is 0 Å². The van der Waals surface area contributed by atoms with Gasteiger partial charge >= 0.3 is 0 Å². The van der Waals surface area contributed by atoms with Gasteiger partial charge in [0, 0.05) is 0 Å². The summed E-state index contributed by atoms with van der Waals surface area (Å²) in [5.41, 5.74) is 7.42. The van der Waals surface area contributed by atoms with Gasteiger partial charge in [0.15, 0.2) is 5.82 Å². The largest absolute Gasteiger partial charge is 0.383 e. The lowest BCUT2D eigenvalue weighted by molar-refractivity contribution is 0.633. The van der Waals surface area contributed by atoms with E-state index < -0.39 is 0 Å². The summed E-state index contributed by atoms with van der Waals surface area (Å²) < 4.78 is 0.734. The zero-order chi connectivity index (χ0) is 14.9. The lowest BCUT2D eigenvalue weighted by atomic mass is 10.1. The Morgan fingerprint density at radius 1 is 1.20 bits per heavy atom. The molecule has 0 amide bonds. The molecule has 1 aromatic carbocycles. The topological polar surface area (TPSA) is 51.8 Å². The van der Waals surface area contributed by atoms with Crippen molar-refractivity contribution in [1.82, 2.24) is 9.97 Å². The Balaban J connectivity index is 2.61. The maximum atomic E-state index is 6.20. The Morgan fingerprint density at radius 3 is 2.35 bits per heavy atom. The maximum absolute atomic E-state index is 6.20. The Bertz CT molecular complexity index is 624. The highest BCUT2D eigenvalue weighted by atomic mass is 79.9. The number of nitrogen functional groups attached to an aromatic ring is 1. The minimum absolute atomic E-state index is 0.390. The number of hydrogen-bond acceptors (Lipinski definition) is 3. The molecule has 0 fully saturated rings. The Morgan fingerprint density at radius 2 is 1.80 bits per heavy atom. The first-order chi connectivity index (χ1) is 9.40. The maximum Gasteiger partial charge on any atom is 0.164 e. The molecule has 1 heterocycles. The van der Waals surface area contributed by atoms with Crippen LogP contribution >= 0.6 is 39.1 Å². The van der Waals surface area contributed by atoms with Crippen molar-refractivity contribution in [2.75, 3.05) is 5.73 Å². The molecule has 3 nitrogen and oxygen atoms in total. The normalized spacial score (nSPS) is 11.1. The number of rotatable bonds is 3. The van der Waals surface area contributed by atoms with Crippen LogP contribution in [0.3, 0.4) is 0 Å². The third-order valence-corrected chi connectivity index (χ3v) is 4.23. The summed E-state index contributed by atoms with van der Waals surface area (Å²) in [6, 6.07) is 5.30. The Hall–Kier alpha value is -0.840. The molecule has 106 valence electrons. The molecular weight excluding hydrogens is 361 g/mol. The first-order valence-corrected chi connectivity index (χ1v) is 7.71. The number of nitrogens with two attached hydrogens (primary N) is 1. The van der Waals surface area contributed by atoms with Crippen LogP contribution in [-0.4, -0.2) is 9.97 Å². The zero-order valence-corrected chi connectivity index (χ0v) is 14.2. The van der Waals surface area contributed by atoms with Gasteiger partial charge < -0.3 is 5.73 Å². The third-order valence-electron chi connectivity index (χ3n) is 2.73. The van der Waals surface area contributed by atoms with Crippen molar-refractivity contribution in [3.63, 3.8) is 0 Å². The highest BCUT2D eigenvalue weighted by Gasteiger charge is 2.16. The molecule has 0 aliphatic heterocycles. The van der Waals surface area contributed by atoms with Crippen molar-refractivity contribution in [1.29, 1.82) is 0 Å². The summed E-state index contributed by atoms with van der Waals surface area (Å²) in [7, 11) is 0. The molecule has 2 rings (SSSR count). The van der Waals surface area contributed by atoms with E-state index in [-0.39, 0.29) is 0 Å². The van der Waals surface area contributed by atoms with Crippen LogP contribution in [0.5, 0.6) is 0 Å². The zero-order valence-electron chi connectivity index (χ0n) is 11.1. The highest BCUT2D eigenvalue weighted by molar-refractivity contribution is 9.10. The number of aromatic nitrogens is 2. The Labute approximate surface area is 136 Å². The van der Waals surface area contributed by atoms with E-state index in [1.54, 1.807) is 18.2 Å². The molecule has 0 aliphatic rings. The van der Waals surface area contributed by atoms with Crippen molar-refractivity contribution >= 4 is 44.9 Å². The minimum Gasteiger partial charge on any atom is -0.383 e. The minimum atomic E-state index is 0.390. The fourth-order valence-corrected chi connectivity index (χ4v) is 2.76. The summed E-state index contributed by atoms with van der Waals surface area (Å²) in [5.74, 6) is 1.30. The summed E-state index contributed by atoms with van der Waals surface area (Å²) in [6.07, 6.45) is 0.794. The van der Waals surface area contributed by atoms with E-state index in [2.05, 4.69) is 39.7 Å². The molecule has 2 aromatic rings. The summed E-state index contributed by atoms with van der Waals surface area (Å²) in [6.45, 7) is 4.24. The van der Waals surface area contributed by atoms with E-state index in [4.69, 9.17) is 28.9 Å². The summed E-state index contributed by atoms with van der Waals surface area (Å²) in [5, 5.41) is 1.02. The molecule has 1 aromatic heterocycles. The third kappa shape index (κ3) is 3.25. The molecule has 0 spiro atoms. The molecule has 2 N–H and O–H groups in total. The van der Waals surface area contributed by atoms with E-state index in [0.29, 0.717) is 33.2 Å². The van der Waals surface area contributed by atoms with Gasteiger partial charge in [-0.15, -0.1) is 0 Å². The molecule has 20 heavy (non-hydrogen) atoms. The van der Waals surface area contributed by atoms with E-state index in [1.807, 2.05) is 0 Å². The Kier molecular flexibility index (Phi) is 4.89. The quantitative estimate of drug-likeness (QED) is 0.822. The van der Waals surface area contributed by atoms with E-state index in [1.165, 1.54) is 0 Å². The van der Waals surface area contributed by atoms with Gasteiger partial charge in [0.05, 0.1) is 25.8 Å². The van der Waals surface area contributed by atoms with Crippen molar-refractivity contribution in [2.24, 2.45) is 5.92 Å². The fraction of sp³-hybridized carbons (Fsp3) is 0.286. The van der Waals surface area contributed by atoms with Crippen molar-refractivity contribution in [3.8, 4) is 11.4 Å². The van der Waals surface area contributed by atoms with E-state index >= 15 is 0 Å². The molecule has 0 aliphatic carbocycles. The molecule has 0 unspecified atom stereocenters. The van der Waals surface area contributed by atoms with Crippen LogP contribution in [-0.2, 0) is 6.42 Å². The van der Waals surface area contributed by atoms with Crippen molar-refractivity contribution in [2.45, 2.75) is 20.3 Å². The van der Waals surface area contributed by atoms with E-state index in [0.717, 1.165) is 16.6 Å². The van der Waals surface area contributed by atoms with Gasteiger partial charge in [-0.2, -0.15) is 0 Å². The van der Waals surface area contributed by atoms with Gasteiger partial charge in [-0.25, -0.2) is 9.97 Å². The summed E-state index contributed by atoms with van der Waals surface area (Å²) >= 11 is 15.8. The van der Waals surface area contributed by atoms with Gasteiger partial charge in [0.1, 0.15) is 5.82 Å². The number of anilines is 1. The van der Waals surface area contributed by atoms with Crippen LogP contribution in [0.15, 0.2) is 22.7 Å². The first-order valence-electron chi connectivity index (χ1n) is 6.16. The second-order valence-corrected chi connectivity index (χ2v) is 6.50. The van der Waals surface area contributed by atoms with Crippen LogP contribution in [0.1, 0.15) is 19.5 Å². The highest BCUT2D eigenvalue weighted by Crippen LogP contribution is 2.34.